The van der Waals surface area contributed by atoms with E-state index in [1.807, 2.05) is 19.1 Å². The lowest BCUT2D eigenvalue weighted by molar-refractivity contribution is 0.110. The monoisotopic (exact) mass is 307 g/mol. The predicted octanol–water partition coefficient (Wildman–Crippen LogP) is 3.02. The Morgan fingerprint density at radius 3 is 3.00 bits per heavy atom. The van der Waals surface area contributed by atoms with E-state index in [9.17, 15) is 4.79 Å². The second-order valence-electron chi connectivity index (χ2n) is 5.45. The SMILES string of the molecule is Cc1cc2oc(=O)cc(CNC[C@@H]3CCCO3)c2cc1Cl. The summed E-state index contributed by atoms with van der Waals surface area (Å²) in [5.41, 5.74) is 2.05. The minimum absolute atomic E-state index is 0.280. The highest BCUT2D eigenvalue weighted by atomic mass is 35.5. The Balaban J connectivity index is 1.83. The maximum Gasteiger partial charge on any atom is 0.336 e. The summed E-state index contributed by atoms with van der Waals surface area (Å²) in [4.78, 5) is 11.7. The van der Waals surface area contributed by atoms with Gasteiger partial charge in [0, 0.05) is 36.2 Å². The summed E-state index contributed by atoms with van der Waals surface area (Å²) in [5.74, 6) is 0. The van der Waals surface area contributed by atoms with Gasteiger partial charge >= 0.3 is 5.63 Å². The lowest BCUT2D eigenvalue weighted by atomic mass is 10.1. The van der Waals surface area contributed by atoms with Crippen LogP contribution < -0.4 is 10.9 Å². The highest BCUT2D eigenvalue weighted by Gasteiger charge is 2.15. The molecule has 1 fully saturated rings. The van der Waals surface area contributed by atoms with Crippen LogP contribution in [0.4, 0.5) is 0 Å². The van der Waals surface area contributed by atoms with Gasteiger partial charge in [0.25, 0.3) is 0 Å². The second-order valence-corrected chi connectivity index (χ2v) is 5.86. The molecule has 1 aromatic carbocycles. The lowest BCUT2D eigenvalue weighted by Gasteiger charge is -2.12. The molecular formula is C16H18ClNO3. The van der Waals surface area contributed by atoms with Crippen LogP contribution in [0.2, 0.25) is 5.02 Å². The predicted molar refractivity (Wildman–Crippen MR) is 82.9 cm³/mol. The highest BCUT2D eigenvalue weighted by Crippen LogP contribution is 2.25. The van der Waals surface area contributed by atoms with Crippen LogP contribution in [0.15, 0.2) is 27.4 Å². The van der Waals surface area contributed by atoms with Crippen LogP contribution in [-0.4, -0.2) is 19.3 Å². The second kappa shape index (κ2) is 6.18. The van der Waals surface area contributed by atoms with Crippen molar-refractivity contribution < 1.29 is 9.15 Å². The van der Waals surface area contributed by atoms with Gasteiger partial charge in [-0.25, -0.2) is 4.79 Å². The molecule has 3 rings (SSSR count). The third-order valence-electron chi connectivity index (χ3n) is 3.82. The average Bonchev–Trinajstić information content (AvgIpc) is 2.94. The molecule has 0 saturated carbocycles. The van der Waals surface area contributed by atoms with Crippen LogP contribution >= 0.6 is 11.6 Å². The van der Waals surface area contributed by atoms with Gasteiger partial charge in [0.15, 0.2) is 0 Å². The third kappa shape index (κ3) is 3.28. The van der Waals surface area contributed by atoms with Crippen molar-refractivity contribution in [3.05, 3.63) is 44.8 Å². The number of hydrogen-bond donors (Lipinski definition) is 1. The first-order valence-electron chi connectivity index (χ1n) is 7.18. The van der Waals surface area contributed by atoms with E-state index in [1.165, 1.54) is 6.07 Å². The van der Waals surface area contributed by atoms with Gasteiger partial charge in [-0.3, -0.25) is 0 Å². The van der Waals surface area contributed by atoms with Crippen molar-refractivity contribution in [1.29, 1.82) is 0 Å². The van der Waals surface area contributed by atoms with Crippen molar-refractivity contribution in [2.75, 3.05) is 13.2 Å². The molecule has 0 amide bonds. The van der Waals surface area contributed by atoms with E-state index < -0.39 is 0 Å². The summed E-state index contributed by atoms with van der Waals surface area (Å²) in [7, 11) is 0. The van der Waals surface area contributed by atoms with Gasteiger partial charge in [-0.1, -0.05) is 11.6 Å². The Labute approximate surface area is 128 Å². The van der Waals surface area contributed by atoms with Crippen molar-refractivity contribution in [2.45, 2.75) is 32.4 Å². The maximum absolute atomic E-state index is 11.7. The van der Waals surface area contributed by atoms with Gasteiger partial charge in [0.05, 0.1) is 6.10 Å². The van der Waals surface area contributed by atoms with Gasteiger partial charge in [-0.2, -0.15) is 0 Å². The van der Waals surface area contributed by atoms with Crippen molar-refractivity contribution in [3.8, 4) is 0 Å². The van der Waals surface area contributed by atoms with E-state index in [0.717, 1.165) is 42.5 Å². The highest BCUT2D eigenvalue weighted by molar-refractivity contribution is 6.32. The number of fused-ring (bicyclic) bond motifs is 1. The molecule has 1 saturated heterocycles. The van der Waals surface area contributed by atoms with Crippen LogP contribution in [0.3, 0.4) is 0 Å². The average molecular weight is 308 g/mol. The first-order valence-corrected chi connectivity index (χ1v) is 7.56. The minimum Gasteiger partial charge on any atom is -0.423 e. The van der Waals surface area contributed by atoms with Crippen molar-refractivity contribution in [1.82, 2.24) is 5.32 Å². The molecule has 1 aliphatic rings. The van der Waals surface area contributed by atoms with E-state index in [2.05, 4.69) is 5.32 Å². The van der Waals surface area contributed by atoms with E-state index in [4.69, 9.17) is 20.8 Å². The summed E-state index contributed by atoms with van der Waals surface area (Å²) in [6.45, 7) is 4.13. The summed E-state index contributed by atoms with van der Waals surface area (Å²) in [5, 5.41) is 4.91. The molecule has 5 heteroatoms. The number of hydrogen-bond acceptors (Lipinski definition) is 4. The molecule has 0 bridgehead atoms. The summed E-state index contributed by atoms with van der Waals surface area (Å²) in [6, 6.07) is 5.19. The minimum atomic E-state index is -0.335. The zero-order chi connectivity index (χ0) is 14.8. The van der Waals surface area contributed by atoms with Gasteiger partial charge in [0.1, 0.15) is 5.58 Å². The van der Waals surface area contributed by atoms with Gasteiger partial charge in [-0.15, -0.1) is 0 Å². The molecule has 112 valence electrons. The maximum atomic E-state index is 11.7. The summed E-state index contributed by atoms with van der Waals surface area (Å²) >= 11 is 6.18. The van der Waals surface area contributed by atoms with Crippen LogP contribution in [0.1, 0.15) is 24.0 Å². The quantitative estimate of drug-likeness (QED) is 0.882. The smallest absolute Gasteiger partial charge is 0.336 e. The van der Waals surface area contributed by atoms with Crippen LogP contribution in [-0.2, 0) is 11.3 Å². The first kappa shape index (κ1) is 14.6. The molecule has 4 nitrogen and oxygen atoms in total. The molecule has 21 heavy (non-hydrogen) atoms. The largest absolute Gasteiger partial charge is 0.423 e. The number of nitrogens with one attached hydrogen (secondary N) is 1. The van der Waals surface area contributed by atoms with Crippen LogP contribution in [0.25, 0.3) is 11.0 Å². The molecule has 2 heterocycles. The molecule has 0 radical (unpaired) electrons. The number of ether oxygens (including phenoxy) is 1. The number of benzene rings is 1. The normalized spacial score (nSPS) is 18.5. The molecule has 1 aliphatic heterocycles. The lowest BCUT2D eigenvalue weighted by Crippen LogP contribution is -2.26. The van der Waals surface area contributed by atoms with Gasteiger partial charge in [0.2, 0.25) is 0 Å². The van der Waals surface area contributed by atoms with Crippen molar-refractivity contribution in [3.63, 3.8) is 0 Å². The van der Waals surface area contributed by atoms with E-state index in [1.54, 1.807) is 0 Å². The Morgan fingerprint density at radius 2 is 2.24 bits per heavy atom. The van der Waals surface area contributed by atoms with Crippen molar-refractivity contribution in [2.24, 2.45) is 0 Å². The Bertz CT molecular complexity index is 704. The van der Waals surface area contributed by atoms with Crippen LogP contribution in [0, 0.1) is 6.92 Å². The van der Waals surface area contributed by atoms with E-state index in [-0.39, 0.29) is 11.7 Å². The number of rotatable bonds is 4. The molecule has 0 aliphatic carbocycles. The molecular weight excluding hydrogens is 290 g/mol. The zero-order valence-corrected chi connectivity index (χ0v) is 12.7. The zero-order valence-electron chi connectivity index (χ0n) is 11.9. The number of halogens is 1. The molecule has 1 atom stereocenters. The van der Waals surface area contributed by atoms with Gasteiger partial charge < -0.3 is 14.5 Å². The standard InChI is InChI=1S/C16H18ClNO3/c1-10-5-15-13(7-14(10)17)11(6-16(19)21-15)8-18-9-12-3-2-4-20-12/h5-7,12,18H,2-4,8-9H2,1H3/t12-/m0/s1. The fraction of sp³-hybridized carbons (Fsp3) is 0.438. The third-order valence-corrected chi connectivity index (χ3v) is 4.23. The number of aryl methyl sites for hydroxylation is 1. The summed E-state index contributed by atoms with van der Waals surface area (Å²) in [6.07, 6.45) is 2.50. The molecule has 0 spiro atoms. The topological polar surface area (TPSA) is 51.5 Å². The van der Waals surface area contributed by atoms with E-state index in [0.29, 0.717) is 17.2 Å². The Hall–Kier alpha value is -1.36. The molecule has 1 N–H and O–H groups in total. The fourth-order valence-corrected chi connectivity index (χ4v) is 2.83. The van der Waals surface area contributed by atoms with Crippen LogP contribution in [0.5, 0.6) is 0 Å². The first-order chi connectivity index (χ1) is 10.1. The van der Waals surface area contributed by atoms with Crippen molar-refractivity contribution >= 4 is 22.6 Å². The van der Waals surface area contributed by atoms with E-state index >= 15 is 0 Å². The summed E-state index contributed by atoms with van der Waals surface area (Å²) < 4.78 is 10.8. The molecule has 1 aromatic heterocycles. The molecule has 2 aromatic rings. The fourth-order valence-electron chi connectivity index (χ4n) is 2.67. The Kier molecular flexibility index (Phi) is 4.29. The van der Waals surface area contributed by atoms with Gasteiger partial charge in [-0.05, 0) is 43.0 Å². The Morgan fingerprint density at radius 1 is 1.38 bits per heavy atom. The molecule has 0 unspecified atom stereocenters.